The number of ether oxygens (including phenoxy) is 2. The fraction of sp³-hybridized carbons (Fsp3) is 0.636. The molecule has 1 rings (SSSR count). The van der Waals surface area contributed by atoms with Crippen LogP contribution in [0, 0.1) is 5.92 Å². The number of rotatable bonds is 2. The largest absolute Gasteiger partial charge is 0.466 e. The molecule has 1 atom stereocenters. The van der Waals surface area contributed by atoms with Crippen molar-refractivity contribution in [3.8, 4) is 0 Å². The van der Waals surface area contributed by atoms with Crippen molar-refractivity contribution in [3.63, 3.8) is 0 Å². The summed E-state index contributed by atoms with van der Waals surface area (Å²) in [5.74, 6) is -0.941. The van der Waals surface area contributed by atoms with E-state index in [9.17, 15) is 9.59 Å². The second kappa shape index (κ2) is 4.04. The summed E-state index contributed by atoms with van der Waals surface area (Å²) in [6, 6.07) is 0. The number of carbonyl (C=O) groups is 2. The van der Waals surface area contributed by atoms with Gasteiger partial charge in [-0.25, -0.2) is 4.79 Å². The van der Waals surface area contributed by atoms with Crippen molar-refractivity contribution in [2.75, 3.05) is 7.11 Å². The Morgan fingerprint density at radius 3 is 2.33 bits per heavy atom. The summed E-state index contributed by atoms with van der Waals surface area (Å²) in [6.07, 6.45) is 2.02. The van der Waals surface area contributed by atoms with E-state index < -0.39 is 5.60 Å². The third kappa shape index (κ3) is 3.08. The van der Waals surface area contributed by atoms with E-state index in [1.165, 1.54) is 7.11 Å². The van der Waals surface area contributed by atoms with Gasteiger partial charge in [0.1, 0.15) is 5.60 Å². The van der Waals surface area contributed by atoms with E-state index in [1.54, 1.807) is 6.08 Å². The molecule has 1 unspecified atom stereocenters. The highest BCUT2D eigenvalue weighted by Crippen LogP contribution is 2.29. The van der Waals surface area contributed by atoms with Gasteiger partial charge in [-0.3, -0.25) is 4.79 Å². The number of hydrogen-bond donors (Lipinski definition) is 0. The van der Waals surface area contributed by atoms with Crippen molar-refractivity contribution in [1.29, 1.82) is 0 Å². The Morgan fingerprint density at radius 2 is 1.93 bits per heavy atom. The molecule has 0 saturated carbocycles. The summed E-state index contributed by atoms with van der Waals surface area (Å²) in [4.78, 5) is 22.5. The van der Waals surface area contributed by atoms with Crippen LogP contribution in [0.2, 0.25) is 0 Å². The lowest BCUT2D eigenvalue weighted by molar-refractivity contribution is -0.159. The van der Waals surface area contributed by atoms with Crippen LogP contribution in [0.15, 0.2) is 11.6 Å². The highest BCUT2D eigenvalue weighted by atomic mass is 16.6. The van der Waals surface area contributed by atoms with Gasteiger partial charge < -0.3 is 9.47 Å². The average Bonchev–Trinajstić information content (AvgIpc) is 1.97. The van der Waals surface area contributed by atoms with Gasteiger partial charge in [-0.05, 0) is 27.2 Å². The van der Waals surface area contributed by atoms with Gasteiger partial charge in [-0.15, -0.1) is 0 Å². The molecule has 15 heavy (non-hydrogen) atoms. The van der Waals surface area contributed by atoms with E-state index in [2.05, 4.69) is 4.74 Å². The summed E-state index contributed by atoms with van der Waals surface area (Å²) in [6.45, 7) is 5.44. The van der Waals surface area contributed by atoms with Crippen molar-refractivity contribution >= 4 is 11.9 Å². The summed E-state index contributed by atoms with van der Waals surface area (Å²) in [7, 11) is 1.32. The summed E-state index contributed by atoms with van der Waals surface area (Å²) in [5.41, 5.74) is 0.0692. The van der Waals surface area contributed by atoms with Gasteiger partial charge in [0.15, 0.2) is 0 Å². The van der Waals surface area contributed by atoms with Gasteiger partial charge in [0.05, 0.1) is 13.0 Å². The van der Waals surface area contributed by atoms with Crippen molar-refractivity contribution in [3.05, 3.63) is 11.6 Å². The molecule has 0 radical (unpaired) electrons. The van der Waals surface area contributed by atoms with Crippen molar-refractivity contribution in [2.24, 2.45) is 5.92 Å². The minimum absolute atomic E-state index is 0.282. The normalized spacial score (nSPS) is 20.0. The van der Waals surface area contributed by atoms with E-state index >= 15 is 0 Å². The Bertz CT molecular complexity index is 309. The molecule has 1 aliphatic rings. The third-order valence-corrected chi connectivity index (χ3v) is 2.00. The predicted molar refractivity (Wildman–Crippen MR) is 54.1 cm³/mol. The minimum atomic E-state index is -0.480. The molecule has 0 bridgehead atoms. The van der Waals surface area contributed by atoms with Crippen LogP contribution in [0.25, 0.3) is 0 Å². The summed E-state index contributed by atoms with van der Waals surface area (Å²) >= 11 is 0. The molecule has 0 aliphatic heterocycles. The van der Waals surface area contributed by atoms with Gasteiger partial charge >= 0.3 is 11.9 Å². The molecule has 0 aromatic heterocycles. The molecule has 4 heteroatoms. The van der Waals surface area contributed by atoms with Gasteiger partial charge in [0, 0.05) is 5.57 Å². The van der Waals surface area contributed by atoms with Gasteiger partial charge in [-0.1, -0.05) is 6.08 Å². The molecule has 0 amide bonds. The van der Waals surface area contributed by atoms with Crippen LogP contribution >= 0.6 is 0 Å². The lowest BCUT2D eigenvalue weighted by atomic mass is 9.86. The zero-order valence-corrected chi connectivity index (χ0v) is 9.49. The molecule has 4 nitrogen and oxygen atoms in total. The maximum atomic E-state index is 11.5. The summed E-state index contributed by atoms with van der Waals surface area (Å²) in [5, 5.41) is 0. The molecule has 0 saturated heterocycles. The van der Waals surface area contributed by atoms with Crippen LogP contribution in [0.3, 0.4) is 0 Å². The Kier molecular flexibility index (Phi) is 3.17. The second-order valence-corrected chi connectivity index (χ2v) is 4.53. The Balaban J connectivity index is 2.48. The zero-order valence-electron chi connectivity index (χ0n) is 9.49. The van der Waals surface area contributed by atoms with Gasteiger partial charge in [0.2, 0.25) is 0 Å². The molecule has 0 spiro atoms. The fourth-order valence-corrected chi connectivity index (χ4v) is 1.26. The lowest BCUT2D eigenvalue weighted by Gasteiger charge is -2.26. The Hall–Kier alpha value is -1.32. The summed E-state index contributed by atoms with van der Waals surface area (Å²) < 4.78 is 9.69. The smallest absolute Gasteiger partial charge is 0.333 e. The predicted octanol–water partition coefficient (Wildman–Crippen LogP) is 1.45. The first kappa shape index (κ1) is 11.8. The van der Waals surface area contributed by atoms with Crippen molar-refractivity contribution in [1.82, 2.24) is 0 Å². The second-order valence-electron chi connectivity index (χ2n) is 4.53. The van der Waals surface area contributed by atoms with Crippen molar-refractivity contribution < 1.29 is 19.1 Å². The van der Waals surface area contributed by atoms with E-state index in [4.69, 9.17) is 4.74 Å². The number of esters is 2. The number of carbonyl (C=O) groups excluding carboxylic acids is 2. The monoisotopic (exact) mass is 212 g/mol. The highest BCUT2D eigenvalue weighted by Gasteiger charge is 2.33. The maximum Gasteiger partial charge on any atom is 0.333 e. The molecule has 0 aromatic rings. The van der Waals surface area contributed by atoms with Crippen LogP contribution in [0.1, 0.15) is 27.2 Å². The van der Waals surface area contributed by atoms with E-state index in [0.29, 0.717) is 12.0 Å². The minimum Gasteiger partial charge on any atom is -0.466 e. The van der Waals surface area contributed by atoms with Crippen LogP contribution in [-0.4, -0.2) is 24.6 Å². The zero-order chi connectivity index (χ0) is 11.6. The lowest BCUT2D eigenvalue weighted by Crippen LogP contribution is -2.32. The van der Waals surface area contributed by atoms with Gasteiger partial charge in [-0.2, -0.15) is 0 Å². The molecular weight excluding hydrogens is 196 g/mol. The standard InChI is InChI=1S/C11H16O4/c1-11(2,3)15-10(13)8-5-7(6-8)9(12)14-4/h5,8H,6H2,1-4H3. The topological polar surface area (TPSA) is 52.6 Å². The molecule has 84 valence electrons. The third-order valence-electron chi connectivity index (χ3n) is 2.00. The molecule has 1 aliphatic carbocycles. The first-order valence-corrected chi connectivity index (χ1v) is 4.85. The van der Waals surface area contributed by atoms with Crippen molar-refractivity contribution in [2.45, 2.75) is 32.8 Å². The Labute approximate surface area is 89.2 Å². The molecule has 0 fully saturated rings. The fourth-order valence-electron chi connectivity index (χ4n) is 1.26. The number of methoxy groups -OCH3 is 1. The average molecular weight is 212 g/mol. The Morgan fingerprint density at radius 1 is 1.40 bits per heavy atom. The maximum absolute atomic E-state index is 11.5. The van der Waals surface area contributed by atoms with E-state index in [1.807, 2.05) is 20.8 Å². The quantitative estimate of drug-likeness (QED) is 0.650. The number of hydrogen-bond acceptors (Lipinski definition) is 4. The SMILES string of the molecule is COC(=O)C1=CC(C(=O)OC(C)(C)C)C1. The van der Waals surface area contributed by atoms with Crippen LogP contribution in [0.5, 0.6) is 0 Å². The molecule has 0 heterocycles. The van der Waals surface area contributed by atoms with Gasteiger partial charge in [0.25, 0.3) is 0 Å². The first-order valence-electron chi connectivity index (χ1n) is 4.85. The first-order chi connectivity index (χ1) is 6.83. The molecular formula is C11H16O4. The molecule has 0 aromatic carbocycles. The van der Waals surface area contributed by atoms with Crippen LogP contribution in [0.4, 0.5) is 0 Å². The van der Waals surface area contributed by atoms with Crippen LogP contribution in [-0.2, 0) is 19.1 Å². The highest BCUT2D eigenvalue weighted by molar-refractivity contribution is 5.93. The van der Waals surface area contributed by atoms with Crippen LogP contribution < -0.4 is 0 Å². The van der Waals surface area contributed by atoms with E-state index in [0.717, 1.165) is 0 Å². The van der Waals surface area contributed by atoms with E-state index in [-0.39, 0.29) is 17.9 Å². The molecule has 0 N–H and O–H groups in total.